The average Bonchev–Trinajstić information content (AvgIpc) is 2.60. The van der Waals surface area contributed by atoms with Crippen molar-refractivity contribution in [3.05, 3.63) is 27.5 Å². The van der Waals surface area contributed by atoms with Crippen LogP contribution in [0.2, 0.25) is 0 Å². The van der Waals surface area contributed by atoms with Gasteiger partial charge in [-0.1, -0.05) is 13.8 Å². The third-order valence-corrected chi connectivity index (χ3v) is 2.85. The molecule has 0 unspecified atom stereocenters. The van der Waals surface area contributed by atoms with Gasteiger partial charge in [0.1, 0.15) is 5.75 Å². The van der Waals surface area contributed by atoms with Crippen LogP contribution >= 0.6 is 0 Å². The second kappa shape index (κ2) is 3.70. The fraction of sp³-hybridized carbons (Fsp3) is 0.417. The molecule has 16 heavy (non-hydrogen) atoms. The van der Waals surface area contributed by atoms with Crippen LogP contribution in [0, 0.1) is 6.92 Å². The van der Waals surface area contributed by atoms with Crippen LogP contribution in [0.5, 0.6) is 5.75 Å². The first kappa shape index (κ1) is 10.8. The van der Waals surface area contributed by atoms with E-state index in [0.29, 0.717) is 5.39 Å². The highest BCUT2D eigenvalue weighted by molar-refractivity contribution is 5.87. The van der Waals surface area contributed by atoms with Gasteiger partial charge in [-0.3, -0.25) is 15.0 Å². The summed E-state index contributed by atoms with van der Waals surface area (Å²) in [6, 6.07) is 1.96. The molecule has 0 saturated heterocycles. The number of rotatable bonds is 2. The van der Waals surface area contributed by atoms with Gasteiger partial charge in [-0.25, -0.2) is 0 Å². The molecule has 0 aliphatic rings. The Morgan fingerprint density at radius 1 is 1.31 bits per heavy atom. The molecule has 0 aliphatic heterocycles. The molecule has 2 N–H and O–H groups in total. The van der Waals surface area contributed by atoms with Crippen LogP contribution in [0.4, 0.5) is 0 Å². The normalized spacial score (nSPS) is 11.3. The lowest BCUT2D eigenvalue weighted by molar-refractivity contribution is 0.408. The van der Waals surface area contributed by atoms with Crippen molar-refractivity contribution in [1.82, 2.24) is 10.2 Å². The highest BCUT2D eigenvalue weighted by atomic mass is 16.5. The number of benzene rings is 1. The number of aromatic amines is 2. The fourth-order valence-electron chi connectivity index (χ4n) is 2.12. The first-order valence-corrected chi connectivity index (χ1v) is 5.34. The van der Waals surface area contributed by atoms with Crippen molar-refractivity contribution >= 4 is 10.9 Å². The van der Waals surface area contributed by atoms with Gasteiger partial charge < -0.3 is 4.74 Å². The number of ether oxygens (including phenoxy) is 1. The van der Waals surface area contributed by atoms with Crippen LogP contribution in [-0.2, 0) is 0 Å². The number of hydrogen-bond donors (Lipinski definition) is 2. The first-order valence-electron chi connectivity index (χ1n) is 5.34. The lowest BCUT2D eigenvalue weighted by atomic mass is 9.96. The minimum Gasteiger partial charge on any atom is -0.496 e. The molecule has 1 aromatic heterocycles. The molecular weight excluding hydrogens is 204 g/mol. The van der Waals surface area contributed by atoms with Crippen molar-refractivity contribution in [3.8, 4) is 5.75 Å². The minimum absolute atomic E-state index is 0.0827. The second-order valence-electron chi connectivity index (χ2n) is 4.29. The molecule has 2 aromatic rings. The standard InChI is InChI=1S/C12H16N2O2/c1-6(2)9-8(16-4)5-7(3)11-10(9)12(15)14-13-11/h5-6H,1-4H3,(H2,13,14,15). The van der Waals surface area contributed by atoms with E-state index in [4.69, 9.17) is 4.74 Å². The van der Waals surface area contributed by atoms with Crippen LogP contribution in [0.15, 0.2) is 10.9 Å². The van der Waals surface area contributed by atoms with E-state index in [-0.39, 0.29) is 11.5 Å². The highest BCUT2D eigenvalue weighted by Crippen LogP contribution is 2.33. The van der Waals surface area contributed by atoms with Crippen molar-refractivity contribution in [2.75, 3.05) is 7.11 Å². The molecule has 86 valence electrons. The lowest BCUT2D eigenvalue weighted by Crippen LogP contribution is -2.04. The summed E-state index contributed by atoms with van der Waals surface area (Å²) in [5, 5.41) is 6.25. The van der Waals surface area contributed by atoms with Gasteiger partial charge in [0.2, 0.25) is 0 Å². The van der Waals surface area contributed by atoms with Gasteiger partial charge in [-0.2, -0.15) is 0 Å². The molecule has 0 aliphatic carbocycles. The molecule has 0 radical (unpaired) electrons. The molecule has 4 heteroatoms. The summed E-state index contributed by atoms with van der Waals surface area (Å²) in [7, 11) is 1.63. The van der Waals surface area contributed by atoms with Crippen molar-refractivity contribution in [1.29, 1.82) is 0 Å². The molecule has 0 saturated carbocycles. The number of methoxy groups -OCH3 is 1. The van der Waals surface area contributed by atoms with E-state index in [2.05, 4.69) is 24.0 Å². The number of H-pyrrole nitrogens is 2. The van der Waals surface area contributed by atoms with E-state index < -0.39 is 0 Å². The Bertz CT molecular complexity index is 578. The van der Waals surface area contributed by atoms with E-state index in [1.54, 1.807) is 7.11 Å². The molecule has 0 amide bonds. The number of fused-ring (bicyclic) bond motifs is 1. The van der Waals surface area contributed by atoms with Crippen molar-refractivity contribution in [2.45, 2.75) is 26.7 Å². The van der Waals surface area contributed by atoms with Gasteiger partial charge in [0.15, 0.2) is 0 Å². The summed E-state index contributed by atoms with van der Waals surface area (Å²) < 4.78 is 5.35. The largest absolute Gasteiger partial charge is 0.496 e. The summed E-state index contributed by atoms with van der Waals surface area (Å²) in [6.07, 6.45) is 0. The maximum atomic E-state index is 11.8. The van der Waals surface area contributed by atoms with Gasteiger partial charge in [-0.15, -0.1) is 0 Å². The van der Waals surface area contributed by atoms with Crippen molar-refractivity contribution in [2.24, 2.45) is 0 Å². The third kappa shape index (κ3) is 1.41. The molecule has 2 rings (SSSR count). The molecule has 4 nitrogen and oxygen atoms in total. The predicted molar refractivity (Wildman–Crippen MR) is 64.3 cm³/mol. The minimum atomic E-state index is -0.0827. The SMILES string of the molecule is COc1cc(C)c2[nH][nH]c(=O)c2c1C(C)C. The molecule has 0 bridgehead atoms. The first-order chi connectivity index (χ1) is 7.56. The molecule has 1 heterocycles. The highest BCUT2D eigenvalue weighted by Gasteiger charge is 2.17. The molecule has 0 atom stereocenters. The molecular formula is C12H16N2O2. The summed E-state index contributed by atoms with van der Waals surface area (Å²) in [5.74, 6) is 1.03. The van der Waals surface area contributed by atoms with Crippen LogP contribution in [0.25, 0.3) is 10.9 Å². The monoisotopic (exact) mass is 220 g/mol. The number of hydrogen-bond acceptors (Lipinski definition) is 2. The predicted octanol–water partition coefficient (Wildman–Crippen LogP) is 2.30. The van der Waals surface area contributed by atoms with Gasteiger partial charge in [0.25, 0.3) is 5.56 Å². The number of aromatic nitrogens is 2. The van der Waals surface area contributed by atoms with Crippen LogP contribution in [-0.4, -0.2) is 17.3 Å². The van der Waals surface area contributed by atoms with Crippen LogP contribution in [0.3, 0.4) is 0 Å². The van der Waals surface area contributed by atoms with Crippen molar-refractivity contribution < 1.29 is 4.74 Å². The molecule has 0 spiro atoms. The Hall–Kier alpha value is -1.71. The number of aryl methyl sites for hydroxylation is 1. The maximum Gasteiger partial charge on any atom is 0.272 e. The topological polar surface area (TPSA) is 57.9 Å². The van der Waals surface area contributed by atoms with Gasteiger partial charge in [0, 0.05) is 5.56 Å². The summed E-state index contributed by atoms with van der Waals surface area (Å²) >= 11 is 0. The van der Waals surface area contributed by atoms with Gasteiger partial charge in [0.05, 0.1) is 18.0 Å². The summed E-state index contributed by atoms with van der Waals surface area (Å²) in [5.41, 5.74) is 2.76. The Balaban J connectivity index is 2.96. The molecule has 1 aromatic carbocycles. The van der Waals surface area contributed by atoms with Gasteiger partial charge >= 0.3 is 0 Å². The quantitative estimate of drug-likeness (QED) is 0.815. The Labute approximate surface area is 93.6 Å². The van der Waals surface area contributed by atoms with E-state index in [1.807, 2.05) is 13.0 Å². The number of nitrogens with one attached hydrogen (secondary N) is 2. The maximum absolute atomic E-state index is 11.8. The van der Waals surface area contributed by atoms with Crippen LogP contribution < -0.4 is 10.3 Å². The zero-order valence-electron chi connectivity index (χ0n) is 9.97. The van der Waals surface area contributed by atoms with E-state index in [0.717, 1.165) is 22.4 Å². The fourth-order valence-corrected chi connectivity index (χ4v) is 2.12. The average molecular weight is 220 g/mol. The van der Waals surface area contributed by atoms with E-state index >= 15 is 0 Å². The smallest absolute Gasteiger partial charge is 0.272 e. The van der Waals surface area contributed by atoms with E-state index in [9.17, 15) is 4.79 Å². The zero-order valence-corrected chi connectivity index (χ0v) is 9.97. The Morgan fingerprint density at radius 3 is 2.56 bits per heavy atom. The second-order valence-corrected chi connectivity index (χ2v) is 4.29. The van der Waals surface area contributed by atoms with Crippen molar-refractivity contribution in [3.63, 3.8) is 0 Å². The molecule has 0 fully saturated rings. The lowest BCUT2D eigenvalue weighted by Gasteiger charge is -2.13. The zero-order chi connectivity index (χ0) is 11.9. The Morgan fingerprint density at radius 2 is 2.00 bits per heavy atom. The summed E-state index contributed by atoms with van der Waals surface area (Å²) in [4.78, 5) is 11.8. The third-order valence-electron chi connectivity index (χ3n) is 2.85. The Kier molecular flexibility index (Phi) is 2.50. The summed E-state index contributed by atoms with van der Waals surface area (Å²) in [6.45, 7) is 6.07. The van der Waals surface area contributed by atoms with Crippen LogP contribution in [0.1, 0.15) is 30.9 Å². The van der Waals surface area contributed by atoms with Gasteiger partial charge in [-0.05, 0) is 24.5 Å². The van der Waals surface area contributed by atoms with E-state index in [1.165, 1.54) is 0 Å².